The van der Waals surface area contributed by atoms with E-state index < -0.39 is 0 Å². The van der Waals surface area contributed by atoms with E-state index in [1.54, 1.807) is 0 Å². The fraction of sp³-hybridized carbons (Fsp3) is 0.684. The van der Waals surface area contributed by atoms with Gasteiger partial charge in [0.15, 0.2) is 0 Å². The van der Waals surface area contributed by atoms with Crippen LogP contribution in [0.15, 0.2) is 30.3 Å². The zero-order valence-electron chi connectivity index (χ0n) is 13.4. The predicted molar refractivity (Wildman–Crippen MR) is 87.8 cm³/mol. The molecule has 1 fully saturated rings. The van der Waals surface area contributed by atoms with Gasteiger partial charge in [-0.15, -0.1) is 0 Å². The molecule has 3 unspecified atom stereocenters. The third-order valence-electron chi connectivity index (χ3n) is 4.79. The molecule has 0 aromatic heterocycles. The molecule has 20 heavy (non-hydrogen) atoms. The Labute approximate surface area is 125 Å². The fourth-order valence-electron chi connectivity index (χ4n) is 3.66. The first-order valence-corrected chi connectivity index (χ1v) is 8.45. The Morgan fingerprint density at radius 1 is 1.15 bits per heavy atom. The lowest BCUT2D eigenvalue weighted by Crippen LogP contribution is -2.28. The van der Waals surface area contributed by atoms with Crippen molar-refractivity contribution in [1.82, 2.24) is 5.32 Å². The van der Waals surface area contributed by atoms with Gasteiger partial charge in [0.05, 0.1) is 0 Å². The van der Waals surface area contributed by atoms with Gasteiger partial charge in [-0.2, -0.15) is 0 Å². The normalized spacial score (nSPS) is 24.8. The Morgan fingerprint density at radius 3 is 2.55 bits per heavy atom. The lowest BCUT2D eigenvalue weighted by molar-refractivity contribution is 0.261. The van der Waals surface area contributed by atoms with Crippen LogP contribution in [0, 0.1) is 17.8 Å². The third-order valence-corrected chi connectivity index (χ3v) is 4.79. The molecule has 1 saturated carbocycles. The molecule has 0 amide bonds. The summed E-state index contributed by atoms with van der Waals surface area (Å²) in [4.78, 5) is 0. The molecule has 1 aliphatic rings. The first-order valence-electron chi connectivity index (χ1n) is 8.45. The molecule has 1 aliphatic carbocycles. The zero-order chi connectivity index (χ0) is 14.4. The molecule has 1 aromatic rings. The summed E-state index contributed by atoms with van der Waals surface area (Å²) in [6.07, 6.45) is 7.13. The largest absolute Gasteiger partial charge is 0.310 e. The van der Waals surface area contributed by atoms with Crippen molar-refractivity contribution >= 4 is 0 Å². The van der Waals surface area contributed by atoms with Gasteiger partial charge in [0.25, 0.3) is 0 Å². The smallest absolute Gasteiger partial charge is 0.0343 e. The zero-order valence-corrected chi connectivity index (χ0v) is 13.4. The topological polar surface area (TPSA) is 12.0 Å². The van der Waals surface area contributed by atoms with E-state index in [0.717, 1.165) is 18.4 Å². The third kappa shape index (κ3) is 4.63. The van der Waals surface area contributed by atoms with Crippen LogP contribution in [0.5, 0.6) is 0 Å². The van der Waals surface area contributed by atoms with E-state index in [4.69, 9.17) is 0 Å². The molecular formula is C19H31N. The first kappa shape index (κ1) is 15.6. The summed E-state index contributed by atoms with van der Waals surface area (Å²) in [6, 6.07) is 11.4. The average Bonchev–Trinajstić information content (AvgIpc) is 2.44. The monoisotopic (exact) mass is 273 g/mol. The molecule has 0 heterocycles. The highest BCUT2D eigenvalue weighted by Crippen LogP contribution is 2.30. The number of hydrogen-bond acceptors (Lipinski definition) is 1. The molecule has 0 bridgehead atoms. The van der Waals surface area contributed by atoms with Crippen LogP contribution in [0.1, 0.15) is 64.5 Å². The van der Waals surface area contributed by atoms with E-state index in [-0.39, 0.29) is 0 Å². The molecule has 0 spiro atoms. The summed E-state index contributed by atoms with van der Waals surface area (Å²) in [7, 11) is 0. The molecule has 1 N–H and O–H groups in total. The van der Waals surface area contributed by atoms with Crippen LogP contribution < -0.4 is 5.32 Å². The van der Waals surface area contributed by atoms with E-state index in [1.807, 2.05) is 0 Å². The maximum Gasteiger partial charge on any atom is 0.0343 e. The van der Waals surface area contributed by atoms with Gasteiger partial charge in [0.2, 0.25) is 0 Å². The van der Waals surface area contributed by atoms with E-state index in [1.165, 1.54) is 37.7 Å². The average molecular weight is 273 g/mol. The van der Waals surface area contributed by atoms with Crippen LogP contribution in [-0.4, -0.2) is 6.54 Å². The molecule has 0 saturated heterocycles. The molecule has 1 heteroatoms. The van der Waals surface area contributed by atoms with Gasteiger partial charge in [-0.3, -0.25) is 0 Å². The minimum atomic E-state index is 0.497. The summed E-state index contributed by atoms with van der Waals surface area (Å²) in [5.41, 5.74) is 1.43. The number of rotatable bonds is 6. The molecule has 1 aromatic carbocycles. The van der Waals surface area contributed by atoms with Crippen molar-refractivity contribution in [3.8, 4) is 0 Å². The van der Waals surface area contributed by atoms with Crippen molar-refractivity contribution in [1.29, 1.82) is 0 Å². The van der Waals surface area contributed by atoms with Crippen LogP contribution in [0.2, 0.25) is 0 Å². The highest BCUT2D eigenvalue weighted by atomic mass is 14.9. The molecular weight excluding hydrogens is 242 g/mol. The van der Waals surface area contributed by atoms with Gasteiger partial charge in [0, 0.05) is 6.04 Å². The van der Waals surface area contributed by atoms with Gasteiger partial charge >= 0.3 is 0 Å². The van der Waals surface area contributed by atoms with E-state index in [0.29, 0.717) is 12.0 Å². The van der Waals surface area contributed by atoms with Gasteiger partial charge in [-0.1, -0.05) is 70.4 Å². The van der Waals surface area contributed by atoms with E-state index >= 15 is 0 Å². The van der Waals surface area contributed by atoms with Gasteiger partial charge < -0.3 is 5.32 Å². The Morgan fingerprint density at radius 2 is 1.90 bits per heavy atom. The van der Waals surface area contributed by atoms with Crippen molar-refractivity contribution < 1.29 is 0 Å². The van der Waals surface area contributed by atoms with Gasteiger partial charge in [0.1, 0.15) is 0 Å². The van der Waals surface area contributed by atoms with Crippen molar-refractivity contribution in [2.24, 2.45) is 17.8 Å². The highest BCUT2D eigenvalue weighted by molar-refractivity contribution is 5.19. The maximum absolute atomic E-state index is 3.80. The van der Waals surface area contributed by atoms with E-state index in [9.17, 15) is 0 Å². The second-order valence-electron chi connectivity index (χ2n) is 7.01. The summed E-state index contributed by atoms with van der Waals surface area (Å²) >= 11 is 0. The van der Waals surface area contributed by atoms with Crippen molar-refractivity contribution in [3.05, 3.63) is 35.9 Å². The van der Waals surface area contributed by atoms with Crippen LogP contribution in [0.3, 0.4) is 0 Å². The number of benzene rings is 1. The molecule has 0 aliphatic heterocycles. The molecule has 1 nitrogen and oxygen atoms in total. The maximum atomic E-state index is 3.80. The number of nitrogens with one attached hydrogen (secondary N) is 1. The van der Waals surface area contributed by atoms with Gasteiger partial charge in [-0.25, -0.2) is 0 Å². The van der Waals surface area contributed by atoms with E-state index in [2.05, 4.69) is 56.4 Å². The minimum Gasteiger partial charge on any atom is -0.310 e. The minimum absolute atomic E-state index is 0.497. The standard InChI is InChI=1S/C19H31N/c1-15(2)19(18-10-5-4-6-11-18)20-13-12-17-9-7-8-16(3)14-17/h4-6,10-11,15-17,19-20H,7-9,12-14H2,1-3H3. The second kappa shape index (κ2) is 7.83. The molecule has 112 valence electrons. The lowest BCUT2D eigenvalue weighted by Gasteiger charge is -2.28. The van der Waals surface area contributed by atoms with Crippen LogP contribution >= 0.6 is 0 Å². The van der Waals surface area contributed by atoms with Crippen molar-refractivity contribution in [2.45, 2.75) is 58.9 Å². The Hall–Kier alpha value is -0.820. The van der Waals surface area contributed by atoms with Crippen LogP contribution in [0.4, 0.5) is 0 Å². The summed E-state index contributed by atoms with van der Waals surface area (Å²) in [5.74, 6) is 2.54. The summed E-state index contributed by atoms with van der Waals surface area (Å²) in [5, 5.41) is 3.80. The van der Waals surface area contributed by atoms with Gasteiger partial charge in [-0.05, 0) is 42.7 Å². The molecule has 2 rings (SSSR count). The lowest BCUT2D eigenvalue weighted by atomic mass is 9.81. The summed E-state index contributed by atoms with van der Waals surface area (Å²) < 4.78 is 0. The second-order valence-corrected chi connectivity index (χ2v) is 7.01. The SMILES string of the molecule is CC1CCCC(CCNC(c2ccccc2)C(C)C)C1. The van der Waals surface area contributed by atoms with Crippen molar-refractivity contribution in [2.75, 3.05) is 6.54 Å². The Kier molecular flexibility index (Phi) is 6.09. The predicted octanol–water partition coefficient (Wildman–Crippen LogP) is 5.19. The quantitative estimate of drug-likeness (QED) is 0.752. The molecule has 0 radical (unpaired) electrons. The van der Waals surface area contributed by atoms with Crippen molar-refractivity contribution in [3.63, 3.8) is 0 Å². The fourth-order valence-corrected chi connectivity index (χ4v) is 3.66. The number of hydrogen-bond donors (Lipinski definition) is 1. The first-order chi connectivity index (χ1) is 9.66. The van der Waals surface area contributed by atoms with Crippen LogP contribution in [0.25, 0.3) is 0 Å². The highest BCUT2D eigenvalue weighted by Gasteiger charge is 2.20. The summed E-state index contributed by atoms with van der Waals surface area (Å²) in [6.45, 7) is 8.20. The Bertz CT molecular complexity index is 371. The Balaban J connectivity index is 1.81. The van der Waals surface area contributed by atoms with Crippen LogP contribution in [-0.2, 0) is 0 Å². The molecule has 3 atom stereocenters.